The van der Waals surface area contributed by atoms with E-state index in [0.29, 0.717) is 5.69 Å². The summed E-state index contributed by atoms with van der Waals surface area (Å²) in [6, 6.07) is 1.89. The van der Waals surface area contributed by atoms with E-state index in [2.05, 4.69) is 41.2 Å². The number of nitrogens with one attached hydrogen (secondary N) is 1. The number of rotatable bonds is 4. The zero-order valence-corrected chi connectivity index (χ0v) is 16.9. The first-order valence-electron chi connectivity index (χ1n) is 8.11. The third-order valence-electron chi connectivity index (χ3n) is 4.18. The minimum absolute atomic E-state index is 0.0797. The highest BCUT2D eigenvalue weighted by atomic mass is 79.9. The number of thioether (sulfide) groups is 1. The first-order valence-corrected chi connectivity index (χ1v) is 10.1. The van der Waals surface area contributed by atoms with Crippen LogP contribution in [0.5, 0.6) is 0 Å². The second-order valence-corrected chi connectivity index (χ2v) is 7.71. The molecular formula is C16H21BrN6OS. The van der Waals surface area contributed by atoms with E-state index in [-0.39, 0.29) is 11.9 Å². The Bertz CT molecular complexity index is 780. The summed E-state index contributed by atoms with van der Waals surface area (Å²) in [5, 5.41) is 8.12. The highest BCUT2D eigenvalue weighted by Crippen LogP contribution is 2.27. The Morgan fingerprint density at radius 2 is 2.28 bits per heavy atom. The highest BCUT2D eigenvalue weighted by molar-refractivity contribution is 9.10. The normalized spacial score (nSPS) is 17.6. The average Bonchev–Trinajstić information content (AvgIpc) is 2.94. The zero-order valence-electron chi connectivity index (χ0n) is 14.5. The summed E-state index contributed by atoms with van der Waals surface area (Å²) in [5.74, 6) is 0.802. The Morgan fingerprint density at radius 1 is 1.48 bits per heavy atom. The molecule has 1 aliphatic rings. The van der Waals surface area contributed by atoms with Crippen molar-refractivity contribution in [1.82, 2.24) is 25.1 Å². The van der Waals surface area contributed by atoms with E-state index in [0.717, 1.165) is 47.1 Å². The van der Waals surface area contributed by atoms with Crippen LogP contribution in [0.25, 0.3) is 0 Å². The molecule has 9 heteroatoms. The molecule has 1 aliphatic heterocycles. The van der Waals surface area contributed by atoms with Crippen LogP contribution in [-0.2, 0) is 7.05 Å². The molecule has 0 aromatic carbocycles. The molecule has 134 valence electrons. The lowest BCUT2D eigenvalue weighted by Gasteiger charge is -2.34. The molecule has 1 N–H and O–H groups in total. The van der Waals surface area contributed by atoms with E-state index in [9.17, 15) is 4.79 Å². The Labute approximate surface area is 159 Å². The van der Waals surface area contributed by atoms with Crippen LogP contribution in [-0.4, -0.2) is 51.0 Å². The number of aryl methyl sites for hydroxylation is 2. The SMILES string of the molecule is CSc1ncc(Br)c(N2CCCC(NC(=O)c3cc(C)nn3C)C2)n1. The van der Waals surface area contributed by atoms with Crippen molar-refractivity contribution in [3.63, 3.8) is 0 Å². The quantitative estimate of drug-likeness (QED) is 0.599. The molecule has 3 rings (SSSR count). The first-order chi connectivity index (χ1) is 12.0. The molecule has 25 heavy (non-hydrogen) atoms. The van der Waals surface area contributed by atoms with Gasteiger partial charge in [-0.3, -0.25) is 9.48 Å². The predicted molar refractivity (Wildman–Crippen MR) is 102 cm³/mol. The van der Waals surface area contributed by atoms with Crippen molar-refractivity contribution in [2.45, 2.75) is 31.0 Å². The van der Waals surface area contributed by atoms with Gasteiger partial charge in [-0.2, -0.15) is 5.10 Å². The number of hydrogen-bond acceptors (Lipinski definition) is 6. The van der Waals surface area contributed by atoms with Gasteiger partial charge in [-0.05, 0) is 48.0 Å². The van der Waals surface area contributed by atoms with Gasteiger partial charge in [0.1, 0.15) is 11.5 Å². The second kappa shape index (κ2) is 7.74. The number of aromatic nitrogens is 4. The molecule has 3 heterocycles. The lowest BCUT2D eigenvalue weighted by molar-refractivity contribution is 0.0923. The first kappa shape index (κ1) is 18.2. The minimum atomic E-state index is -0.0819. The van der Waals surface area contributed by atoms with Gasteiger partial charge in [0.2, 0.25) is 0 Å². The van der Waals surface area contributed by atoms with Gasteiger partial charge in [-0.15, -0.1) is 0 Å². The summed E-state index contributed by atoms with van der Waals surface area (Å²) in [6.45, 7) is 3.53. The molecule has 0 saturated carbocycles. The van der Waals surface area contributed by atoms with E-state index in [1.54, 1.807) is 17.9 Å². The maximum Gasteiger partial charge on any atom is 0.269 e. The monoisotopic (exact) mass is 424 g/mol. The predicted octanol–water partition coefficient (Wildman–Crippen LogP) is 2.40. The molecular weight excluding hydrogens is 404 g/mol. The van der Waals surface area contributed by atoms with Gasteiger partial charge in [0, 0.05) is 32.4 Å². The van der Waals surface area contributed by atoms with Crippen LogP contribution in [0.2, 0.25) is 0 Å². The van der Waals surface area contributed by atoms with E-state index >= 15 is 0 Å². The number of amides is 1. The van der Waals surface area contributed by atoms with Crippen LogP contribution in [0.1, 0.15) is 29.0 Å². The molecule has 1 saturated heterocycles. The van der Waals surface area contributed by atoms with E-state index in [1.807, 2.05) is 19.2 Å². The van der Waals surface area contributed by atoms with Crippen LogP contribution in [0.15, 0.2) is 21.9 Å². The van der Waals surface area contributed by atoms with Crippen molar-refractivity contribution in [2.24, 2.45) is 7.05 Å². The fraction of sp³-hybridized carbons (Fsp3) is 0.500. The lowest BCUT2D eigenvalue weighted by Crippen LogP contribution is -2.48. The molecule has 7 nitrogen and oxygen atoms in total. The highest BCUT2D eigenvalue weighted by Gasteiger charge is 2.25. The van der Waals surface area contributed by atoms with Gasteiger partial charge in [-0.1, -0.05) is 11.8 Å². The Balaban J connectivity index is 1.71. The number of nitrogens with zero attached hydrogens (tertiary/aromatic N) is 5. The van der Waals surface area contributed by atoms with E-state index in [4.69, 9.17) is 0 Å². The smallest absolute Gasteiger partial charge is 0.269 e. The largest absolute Gasteiger partial charge is 0.353 e. The van der Waals surface area contributed by atoms with Crippen molar-refractivity contribution >= 4 is 39.4 Å². The summed E-state index contributed by atoms with van der Waals surface area (Å²) >= 11 is 5.06. The third-order valence-corrected chi connectivity index (χ3v) is 5.30. The molecule has 0 radical (unpaired) electrons. The van der Waals surface area contributed by atoms with Crippen LogP contribution in [0, 0.1) is 6.92 Å². The summed E-state index contributed by atoms with van der Waals surface area (Å²) in [6.07, 6.45) is 5.70. The number of hydrogen-bond donors (Lipinski definition) is 1. The second-order valence-electron chi connectivity index (χ2n) is 6.08. The molecule has 1 atom stereocenters. The van der Waals surface area contributed by atoms with E-state index < -0.39 is 0 Å². The standard InChI is InChI=1S/C16H21BrN6OS/c1-10-7-13(22(2)21-10)15(24)19-11-5-4-6-23(9-11)14-12(17)8-18-16(20-14)25-3/h7-8,11H,4-6,9H2,1-3H3,(H,19,24). The topological polar surface area (TPSA) is 75.9 Å². The number of carbonyl (C=O) groups excluding carboxylic acids is 1. The maximum atomic E-state index is 12.5. The number of halogens is 1. The molecule has 1 amide bonds. The zero-order chi connectivity index (χ0) is 18.0. The fourth-order valence-electron chi connectivity index (χ4n) is 3.03. The van der Waals surface area contributed by atoms with Gasteiger partial charge in [0.15, 0.2) is 5.16 Å². The van der Waals surface area contributed by atoms with Gasteiger partial charge >= 0.3 is 0 Å². The average molecular weight is 425 g/mol. The molecule has 0 bridgehead atoms. The van der Waals surface area contributed by atoms with Crippen molar-refractivity contribution in [3.05, 3.63) is 28.1 Å². The molecule has 1 unspecified atom stereocenters. The van der Waals surface area contributed by atoms with Gasteiger partial charge < -0.3 is 10.2 Å². The number of carbonyl (C=O) groups is 1. The van der Waals surface area contributed by atoms with Gasteiger partial charge in [0.05, 0.1) is 10.2 Å². The molecule has 0 spiro atoms. The van der Waals surface area contributed by atoms with Crippen LogP contribution >= 0.6 is 27.7 Å². The fourth-order valence-corrected chi connectivity index (χ4v) is 3.81. The Morgan fingerprint density at radius 3 is 2.96 bits per heavy atom. The van der Waals surface area contributed by atoms with Crippen molar-refractivity contribution < 1.29 is 4.79 Å². The van der Waals surface area contributed by atoms with E-state index in [1.165, 1.54) is 11.8 Å². The molecule has 0 aliphatic carbocycles. The number of anilines is 1. The van der Waals surface area contributed by atoms with Crippen LogP contribution in [0.3, 0.4) is 0 Å². The minimum Gasteiger partial charge on any atom is -0.353 e. The van der Waals surface area contributed by atoms with Crippen molar-refractivity contribution in [3.8, 4) is 0 Å². The summed E-state index contributed by atoms with van der Waals surface area (Å²) < 4.78 is 2.50. The lowest BCUT2D eigenvalue weighted by atomic mass is 10.1. The van der Waals surface area contributed by atoms with Gasteiger partial charge in [-0.25, -0.2) is 9.97 Å². The third kappa shape index (κ3) is 4.14. The molecule has 2 aromatic heterocycles. The molecule has 1 fully saturated rings. The summed E-state index contributed by atoms with van der Waals surface area (Å²) in [7, 11) is 1.79. The van der Waals surface area contributed by atoms with Crippen molar-refractivity contribution in [1.29, 1.82) is 0 Å². The number of piperidine rings is 1. The molecule has 2 aromatic rings. The van der Waals surface area contributed by atoms with Crippen LogP contribution in [0.4, 0.5) is 5.82 Å². The Hall–Kier alpha value is -1.61. The maximum absolute atomic E-state index is 12.5. The van der Waals surface area contributed by atoms with Crippen molar-refractivity contribution in [2.75, 3.05) is 24.2 Å². The summed E-state index contributed by atoms with van der Waals surface area (Å²) in [4.78, 5) is 23.6. The van der Waals surface area contributed by atoms with Crippen LogP contribution < -0.4 is 10.2 Å². The summed E-state index contributed by atoms with van der Waals surface area (Å²) in [5.41, 5.74) is 1.43. The Kier molecular flexibility index (Phi) is 5.63. The van der Waals surface area contributed by atoms with Gasteiger partial charge in [0.25, 0.3) is 5.91 Å².